The van der Waals surface area contributed by atoms with Crippen LogP contribution in [0, 0.1) is 0 Å². The lowest BCUT2D eigenvalue weighted by Gasteiger charge is -2.40. The number of morpholine rings is 1. The Kier molecular flexibility index (Phi) is 4.51. The molecule has 6 nitrogen and oxygen atoms in total. The van der Waals surface area contributed by atoms with E-state index in [1.807, 2.05) is 22.8 Å². The highest BCUT2D eigenvalue weighted by molar-refractivity contribution is 5.66. The standard InChI is InChI=1S/C21H25N5O/c1-2-4-17(5-3-1)19-16-21(26-20(23-19)6-9-22-26)25-10-7-18(8-11-25)24-12-14-27-15-13-24/h1-6,9,16,18H,7-8,10-15H2. The number of nitrogens with zero attached hydrogens (tertiary/aromatic N) is 5. The molecule has 27 heavy (non-hydrogen) atoms. The van der Waals surface area contributed by atoms with E-state index in [1.54, 1.807) is 0 Å². The number of rotatable bonds is 3. The smallest absolute Gasteiger partial charge is 0.157 e. The lowest BCUT2D eigenvalue weighted by molar-refractivity contribution is 0.0114. The monoisotopic (exact) mass is 363 g/mol. The van der Waals surface area contributed by atoms with Crippen LogP contribution in [-0.4, -0.2) is 64.9 Å². The van der Waals surface area contributed by atoms with Gasteiger partial charge in [0.2, 0.25) is 0 Å². The summed E-state index contributed by atoms with van der Waals surface area (Å²) < 4.78 is 7.48. The van der Waals surface area contributed by atoms with Crippen LogP contribution >= 0.6 is 0 Å². The lowest BCUT2D eigenvalue weighted by atomic mass is 10.0. The van der Waals surface area contributed by atoms with E-state index in [0.717, 1.165) is 62.1 Å². The highest BCUT2D eigenvalue weighted by Crippen LogP contribution is 2.27. The molecule has 0 aliphatic carbocycles. The summed E-state index contributed by atoms with van der Waals surface area (Å²) in [7, 11) is 0. The summed E-state index contributed by atoms with van der Waals surface area (Å²) in [5, 5.41) is 4.52. The van der Waals surface area contributed by atoms with Gasteiger partial charge in [-0.3, -0.25) is 4.90 Å². The molecule has 0 spiro atoms. The zero-order valence-electron chi connectivity index (χ0n) is 15.5. The highest BCUT2D eigenvalue weighted by atomic mass is 16.5. The second-order valence-electron chi connectivity index (χ2n) is 7.33. The molecule has 1 aromatic carbocycles. The van der Waals surface area contributed by atoms with Gasteiger partial charge in [0.15, 0.2) is 5.65 Å². The van der Waals surface area contributed by atoms with Crippen LogP contribution in [0.2, 0.25) is 0 Å². The zero-order valence-corrected chi connectivity index (χ0v) is 15.5. The number of ether oxygens (including phenoxy) is 1. The molecule has 2 aliphatic rings. The summed E-state index contributed by atoms with van der Waals surface area (Å²) in [5.74, 6) is 1.14. The second kappa shape index (κ2) is 7.29. The molecule has 0 unspecified atom stereocenters. The van der Waals surface area contributed by atoms with Crippen LogP contribution in [0.3, 0.4) is 0 Å². The van der Waals surface area contributed by atoms with Crippen molar-refractivity contribution in [2.45, 2.75) is 18.9 Å². The number of aromatic nitrogens is 3. The molecule has 0 amide bonds. The Morgan fingerprint density at radius 2 is 1.70 bits per heavy atom. The van der Waals surface area contributed by atoms with Gasteiger partial charge in [-0.1, -0.05) is 30.3 Å². The first-order chi connectivity index (χ1) is 13.4. The number of fused-ring (bicyclic) bond motifs is 1. The first-order valence-electron chi connectivity index (χ1n) is 9.85. The fraction of sp³-hybridized carbons (Fsp3) is 0.429. The molecule has 3 aromatic rings. The van der Waals surface area contributed by atoms with Gasteiger partial charge in [-0.25, -0.2) is 4.98 Å². The maximum atomic E-state index is 5.50. The first-order valence-corrected chi connectivity index (χ1v) is 9.85. The Balaban J connectivity index is 1.41. The van der Waals surface area contributed by atoms with Crippen molar-refractivity contribution in [1.82, 2.24) is 19.5 Å². The molecule has 2 aromatic heterocycles. The third-order valence-electron chi connectivity index (χ3n) is 5.76. The topological polar surface area (TPSA) is 45.9 Å². The van der Waals surface area contributed by atoms with Crippen LogP contribution < -0.4 is 4.90 Å². The lowest BCUT2D eigenvalue weighted by Crippen LogP contribution is -2.49. The minimum Gasteiger partial charge on any atom is -0.379 e. The van der Waals surface area contributed by atoms with Gasteiger partial charge in [0.1, 0.15) is 5.82 Å². The number of anilines is 1. The quantitative estimate of drug-likeness (QED) is 0.716. The van der Waals surface area contributed by atoms with Gasteiger partial charge in [-0.2, -0.15) is 9.61 Å². The fourth-order valence-corrected chi connectivity index (χ4v) is 4.28. The first kappa shape index (κ1) is 16.7. The summed E-state index contributed by atoms with van der Waals surface area (Å²) in [5.41, 5.74) is 3.06. The van der Waals surface area contributed by atoms with Crippen LogP contribution in [0.5, 0.6) is 0 Å². The SMILES string of the molecule is c1ccc(-c2cc(N3CCC(N4CCOCC4)CC3)n3nccc3n2)cc1. The Labute approximate surface area is 159 Å². The van der Waals surface area contributed by atoms with Crippen molar-refractivity contribution in [3.8, 4) is 11.3 Å². The molecule has 2 aliphatic heterocycles. The van der Waals surface area contributed by atoms with Gasteiger partial charge in [-0.15, -0.1) is 0 Å². The largest absolute Gasteiger partial charge is 0.379 e. The Morgan fingerprint density at radius 3 is 2.48 bits per heavy atom. The molecular formula is C21H25N5O. The van der Waals surface area contributed by atoms with E-state index in [-0.39, 0.29) is 0 Å². The van der Waals surface area contributed by atoms with Gasteiger partial charge in [-0.05, 0) is 12.8 Å². The van der Waals surface area contributed by atoms with Crippen molar-refractivity contribution in [1.29, 1.82) is 0 Å². The van der Waals surface area contributed by atoms with E-state index in [9.17, 15) is 0 Å². The number of benzene rings is 1. The predicted octanol–water partition coefficient (Wildman–Crippen LogP) is 2.70. The molecule has 2 saturated heterocycles. The molecule has 6 heteroatoms. The average Bonchev–Trinajstić information content (AvgIpc) is 3.23. The summed E-state index contributed by atoms with van der Waals surface area (Å²) in [6.07, 6.45) is 4.21. The van der Waals surface area contributed by atoms with Gasteiger partial charge >= 0.3 is 0 Å². The molecule has 5 rings (SSSR count). The molecule has 2 fully saturated rings. The summed E-state index contributed by atoms with van der Waals surface area (Å²) >= 11 is 0. The third kappa shape index (κ3) is 3.31. The van der Waals surface area contributed by atoms with Crippen LogP contribution in [-0.2, 0) is 4.74 Å². The van der Waals surface area contributed by atoms with Gasteiger partial charge in [0.05, 0.1) is 25.1 Å². The molecule has 0 bridgehead atoms. The maximum absolute atomic E-state index is 5.50. The van der Waals surface area contributed by atoms with Crippen LogP contribution in [0.4, 0.5) is 5.82 Å². The fourth-order valence-electron chi connectivity index (χ4n) is 4.28. The summed E-state index contributed by atoms with van der Waals surface area (Å²) in [4.78, 5) is 9.87. The van der Waals surface area contributed by atoms with E-state index in [1.165, 1.54) is 12.8 Å². The number of hydrogen-bond acceptors (Lipinski definition) is 5. The summed E-state index contributed by atoms with van der Waals surface area (Å²) in [6.45, 7) is 5.99. The minimum absolute atomic E-state index is 0.675. The van der Waals surface area contributed by atoms with Gasteiger partial charge in [0.25, 0.3) is 0 Å². The average molecular weight is 363 g/mol. The molecule has 0 atom stereocenters. The van der Waals surface area contributed by atoms with Crippen molar-refractivity contribution >= 4 is 11.5 Å². The van der Waals surface area contributed by atoms with Crippen molar-refractivity contribution < 1.29 is 4.74 Å². The van der Waals surface area contributed by atoms with Gasteiger partial charge in [0, 0.05) is 49.9 Å². The Morgan fingerprint density at radius 1 is 0.926 bits per heavy atom. The normalized spacial score (nSPS) is 19.6. The van der Waals surface area contributed by atoms with E-state index in [0.29, 0.717) is 6.04 Å². The van der Waals surface area contributed by atoms with E-state index >= 15 is 0 Å². The van der Waals surface area contributed by atoms with E-state index < -0.39 is 0 Å². The van der Waals surface area contributed by atoms with Crippen LogP contribution in [0.1, 0.15) is 12.8 Å². The van der Waals surface area contributed by atoms with Crippen molar-refractivity contribution in [3.05, 3.63) is 48.7 Å². The Bertz CT molecular complexity index is 895. The number of piperidine rings is 1. The zero-order chi connectivity index (χ0) is 18.1. The highest BCUT2D eigenvalue weighted by Gasteiger charge is 2.27. The molecule has 0 saturated carbocycles. The molecule has 4 heterocycles. The molecule has 140 valence electrons. The maximum Gasteiger partial charge on any atom is 0.157 e. The number of hydrogen-bond donors (Lipinski definition) is 0. The van der Waals surface area contributed by atoms with E-state index in [2.05, 4.69) is 45.2 Å². The van der Waals surface area contributed by atoms with Crippen molar-refractivity contribution in [2.24, 2.45) is 0 Å². The molecular weight excluding hydrogens is 338 g/mol. The molecule has 0 N–H and O–H groups in total. The van der Waals surface area contributed by atoms with Gasteiger partial charge < -0.3 is 9.64 Å². The van der Waals surface area contributed by atoms with E-state index in [4.69, 9.17) is 9.72 Å². The third-order valence-corrected chi connectivity index (χ3v) is 5.76. The Hall–Kier alpha value is -2.44. The minimum atomic E-state index is 0.675. The summed E-state index contributed by atoms with van der Waals surface area (Å²) in [6, 6.07) is 15.2. The molecule has 0 radical (unpaired) electrons. The van der Waals surface area contributed by atoms with Crippen LogP contribution in [0.15, 0.2) is 48.7 Å². The second-order valence-corrected chi connectivity index (χ2v) is 7.33. The predicted molar refractivity (Wildman–Crippen MR) is 106 cm³/mol. The van der Waals surface area contributed by atoms with Crippen LogP contribution in [0.25, 0.3) is 16.9 Å². The van der Waals surface area contributed by atoms with Crippen molar-refractivity contribution in [3.63, 3.8) is 0 Å². The van der Waals surface area contributed by atoms with Crippen molar-refractivity contribution in [2.75, 3.05) is 44.3 Å².